The van der Waals surface area contributed by atoms with E-state index in [-0.39, 0.29) is 5.97 Å². The quantitative estimate of drug-likeness (QED) is 0.480. The van der Waals surface area contributed by atoms with Crippen LogP contribution in [0.2, 0.25) is 0 Å². The van der Waals surface area contributed by atoms with Gasteiger partial charge < -0.3 is 4.74 Å². The van der Waals surface area contributed by atoms with Gasteiger partial charge in [0.15, 0.2) is 0 Å². The summed E-state index contributed by atoms with van der Waals surface area (Å²) in [5, 5.41) is 4.55. The number of hydrogen-bond acceptors (Lipinski definition) is 4. The summed E-state index contributed by atoms with van der Waals surface area (Å²) in [6, 6.07) is 7.27. The molecule has 0 saturated heterocycles. The van der Waals surface area contributed by atoms with E-state index in [1.54, 1.807) is 6.07 Å². The maximum Gasteiger partial charge on any atom is 0.340 e. The third-order valence-electron chi connectivity index (χ3n) is 5.32. The van der Waals surface area contributed by atoms with Crippen molar-refractivity contribution in [3.63, 3.8) is 0 Å². The van der Waals surface area contributed by atoms with Crippen molar-refractivity contribution in [1.82, 2.24) is 0 Å². The number of allylic oxidation sites excluding steroid dienone is 3. The molecule has 1 aromatic carbocycles. The fourth-order valence-corrected chi connectivity index (χ4v) is 3.77. The third-order valence-corrected chi connectivity index (χ3v) is 5.32. The predicted octanol–water partition coefficient (Wildman–Crippen LogP) is 4.95. The molecule has 4 heteroatoms. The number of hydrazone groups is 1. The first-order valence-corrected chi connectivity index (χ1v) is 8.94. The van der Waals surface area contributed by atoms with Crippen molar-refractivity contribution in [3.05, 3.63) is 53.6 Å². The minimum atomic E-state index is -0.359. The second kappa shape index (κ2) is 7.68. The smallest absolute Gasteiger partial charge is 0.340 e. The summed E-state index contributed by atoms with van der Waals surface area (Å²) >= 11 is 0. The van der Waals surface area contributed by atoms with Crippen LogP contribution in [0.5, 0.6) is 0 Å². The van der Waals surface area contributed by atoms with Crippen LogP contribution in [-0.4, -0.2) is 18.8 Å². The third kappa shape index (κ3) is 4.01. The molecular weight excluding hydrogens is 312 g/mol. The van der Waals surface area contributed by atoms with Crippen molar-refractivity contribution < 1.29 is 9.53 Å². The van der Waals surface area contributed by atoms with Crippen LogP contribution in [0.25, 0.3) is 0 Å². The highest BCUT2D eigenvalue weighted by atomic mass is 16.5. The van der Waals surface area contributed by atoms with Gasteiger partial charge >= 0.3 is 5.97 Å². The van der Waals surface area contributed by atoms with Gasteiger partial charge in [-0.3, -0.25) is 5.43 Å². The zero-order valence-electron chi connectivity index (χ0n) is 15.0. The van der Waals surface area contributed by atoms with E-state index in [2.05, 4.69) is 30.1 Å². The highest BCUT2D eigenvalue weighted by molar-refractivity contribution is 5.98. The number of nitrogens with zero attached hydrogens (tertiary/aromatic N) is 1. The highest BCUT2D eigenvalue weighted by Gasteiger charge is 2.28. The predicted molar refractivity (Wildman–Crippen MR) is 102 cm³/mol. The van der Waals surface area contributed by atoms with Crippen LogP contribution in [0.4, 0.5) is 5.69 Å². The topological polar surface area (TPSA) is 50.7 Å². The Kier molecular flexibility index (Phi) is 5.37. The monoisotopic (exact) mass is 338 g/mol. The fraction of sp³-hybridized carbons (Fsp3) is 0.429. The number of rotatable bonds is 4. The van der Waals surface area contributed by atoms with Crippen molar-refractivity contribution in [2.45, 2.75) is 39.0 Å². The number of methoxy groups -OCH3 is 1. The number of ether oxygens (including phenoxy) is 1. The summed E-state index contributed by atoms with van der Waals surface area (Å²) in [7, 11) is 1.39. The molecule has 1 N–H and O–H groups in total. The molecule has 0 aromatic heterocycles. The zero-order valence-corrected chi connectivity index (χ0v) is 15.0. The lowest BCUT2D eigenvalue weighted by Gasteiger charge is -2.34. The number of para-hydroxylation sites is 1. The first-order valence-electron chi connectivity index (χ1n) is 8.94. The lowest BCUT2D eigenvalue weighted by molar-refractivity contribution is 0.0602. The zero-order chi connectivity index (χ0) is 17.8. The molecule has 1 fully saturated rings. The van der Waals surface area contributed by atoms with Crippen LogP contribution in [0.15, 0.2) is 53.2 Å². The summed E-state index contributed by atoms with van der Waals surface area (Å²) in [5.74, 6) is 0.953. The Hall–Kier alpha value is -2.36. The van der Waals surface area contributed by atoms with E-state index < -0.39 is 0 Å². The molecular formula is C21H26N2O2. The average molecular weight is 338 g/mol. The van der Waals surface area contributed by atoms with Crippen LogP contribution in [-0.2, 0) is 4.74 Å². The number of anilines is 1. The summed E-state index contributed by atoms with van der Waals surface area (Å²) in [6.45, 7) is 6.27. The molecule has 0 aliphatic heterocycles. The Morgan fingerprint density at radius 3 is 2.84 bits per heavy atom. The molecule has 0 amide bonds. The van der Waals surface area contributed by atoms with Gasteiger partial charge in [0.05, 0.1) is 24.1 Å². The molecule has 2 unspecified atom stereocenters. The molecule has 1 aromatic rings. The lowest BCUT2D eigenvalue weighted by Crippen LogP contribution is -2.23. The standard InChI is InChI=1S/C21H26N2O2/c1-14(2)16-9-8-15-10-11-18(13-17(15)12-16)22-23-20-7-5-4-6-19(20)21(24)25-3/h4-7,13,15-16,23H,1,8-12H2,2-3H3. The lowest BCUT2D eigenvalue weighted by atomic mass is 9.71. The molecule has 132 valence electrons. The number of carbonyl (C=O) groups is 1. The molecule has 4 nitrogen and oxygen atoms in total. The molecule has 2 aliphatic carbocycles. The van der Waals surface area contributed by atoms with E-state index in [9.17, 15) is 4.79 Å². The van der Waals surface area contributed by atoms with Crippen LogP contribution in [0.1, 0.15) is 49.4 Å². The number of carbonyl (C=O) groups excluding carboxylic acids is 1. The van der Waals surface area contributed by atoms with Gasteiger partial charge in [-0.05, 0) is 69.1 Å². The Morgan fingerprint density at radius 1 is 1.28 bits per heavy atom. The molecule has 0 spiro atoms. The van der Waals surface area contributed by atoms with Gasteiger partial charge in [0.2, 0.25) is 0 Å². The van der Waals surface area contributed by atoms with Crippen LogP contribution in [0.3, 0.4) is 0 Å². The fourth-order valence-electron chi connectivity index (χ4n) is 3.77. The van der Waals surface area contributed by atoms with E-state index in [0.29, 0.717) is 23.1 Å². The molecule has 1 saturated carbocycles. The largest absolute Gasteiger partial charge is 0.465 e. The number of esters is 1. The average Bonchev–Trinajstić information content (AvgIpc) is 2.65. The van der Waals surface area contributed by atoms with E-state index >= 15 is 0 Å². The van der Waals surface area contributed by atoms with Crippen molar-refractivity contribution in [2.24, 2.45) is 16.9 Å². The van der Waals surface area contributed by atoms with Gasteiger partial charge in [-0.2, -0.15) is 5.10 Å². The van der Waals surface area contributed by atoms with Gasteiger partial charge in [0, 0.05) is 0 Å². The molecule has 2 atom stereocenters. The maximum absolute atomic E-state index is 11.8. The number of benzene rings is 1. The Balaban J connectivity index is 1.76. The molecule has 0 radical (unpaired) electrons. The summed E-state index contributed by atoms with van der Waals surface area (Å²) in [5.41, 5.74) is 8.06. The van der Waals surface area contributed by atoms with Crippen LogP contribution in [0, 0.1) is 11.8 Å². The summed E-state index contributed by atoms with van der Waals surface area (Å²) in [4.78, 5) is 11.8. The van der Waals surface area contributed by atoms with E-state index in [1.165, 1.54) is 31.1 Å². The second-order valence-electron chi connectivity index (χ2n) is 7.03. The molecule has 25 heavy (non-hydrogen) atoms. The number of nitrogens with one attached hydrogen (secondary N) is 1. The first kappa shape index (κ1) is 17.5. The molecule has 0 heterocycles. The Morgan fingerprint density at radius 2 is 2.08 bits per heavy atom. The Labute approximate surface area is 149 Å². The minimum Gasteiger partial charge on any atom is -0.465 e. The number of hydrogen-bond donors (Lipinski definition) is 1. The van der Waals surface area contributed by atoms with Crippen molar-refractivity contribution >= 4 is 17.4 Å². The van der Waals surface area contributed by atoms with Gasteiger partial charge in [-0.1, -0.05) is 29.9 Å². The maximum atomic E-state index is 11.8. The van der Waals surface area contributed by atoms with Crippen molar-refractivity contribution in [3.8, 4) is 0 Å². The van der Waals surface area contributed by atoms with Gasteiger partial charge in [0.1, 0.15) is 0 Å². The van der Waals surface area contributed by atoms with Gasteiger partial charge in [0.25, 0.3) is 0 Å². The molecule has 3 rings (SSSR count). The van der Waals surface area contributed by atoms with Gasteiger partial charge in [-0.25, -0.2) is 4.79 Å². The first-order chi connectivity index (χ1) is 12.1. The summed E-state index contributed by atoms with van der Waals surface area (Å²) < 4.78 is 4.83. The van der Waals surface area contributed by atoms with Crippen LogP contribution >= 0.6 is 0 Å². The second-order valence-corrected chi connectivity index (χ2v) is 7.03. The van der Waals surface area contributed by atoms with Crippen LogP contribution < -0.4 is 5.43 Å². The number of fused-ring (bicyclic) bond motifs is 1. The highest BCUT2D eigenvalue weighted by Crippen LogP contribution is 2.40. The SMILES string of the molecule is C=C(C)C1CCC2CCC(=NNc3ccccc3C(=O)OC)C=C2C1. The minimum absolute atomic E-state index is 0.359. The summed E-state index contributed by atoms with van der Waals surface area (Å²) in [6.07, 6.45) is 8.01. The molecule has 0 bridgehead atoms. The van der Waals surface area contributed by atoms with Crippen molar-refractivity contribution in [2.75, 3.05) is 12.5 Å². The van der Waals surface area contributed by atoms with E-state index in [4.69, 9.17) is 4.74 Å². The molecule has 2 aliphatic rings. The van der Waals surface area contributed by atoms with E-state index in [1.807, 2.05) is 18.2 Å². The van der Waals surface area contributed by atoms with E-state index in [0.717, 1.165) is 25.0 Å². The van der Waals surface area contributed by atoms with Gasteiger partial charge in [-0.15, -0.1) is 0 Å². The van der Waals surface area contributed by atoms with Crippen molar-refractivity contribution in [1.29, 1.82) is 0 Å². The Bertz CT molecular complexity index is 733. The normalized spacial score (nSPS) is 24.2.